The molecule has 0 aliphatic heterocycles. The van der Waals surface area contributed by atoms with Crippen LogP contribution in [0.5, 0.6) is 0 Å². The van der Waals surface area contributed by atoms with Gasteiger partial charge in [0.2, 0.25) is 5.91 Å². The zero-order valence-electron chi connectivity index (χ0n) is 11.0. The lowest BCUT2D eigenvalue weighted by molar-refractivity contribution is -0.126. The molecule has 0 aliphatic rings. The monoisotopic (exact) mass is 275 g/mol. The molecule has 3 nitrogen and oxygen atoms in total. The third-order valence-electron chi connectivity index (χ3n) is 3.33. The first-order valence-electron chi connectivity index (χ1n) is 6.12. The van der Waals surface area contributed by atoms with Crippen LogP contribution in [0, 0.1) is 6.92 Å². The van der Waals surface area contributed by atoms with Crippen LogP contribution in [-0.4, -0.2) is 17.1 Å². The molecule has 1 aromatic carbocycles. The van der Waals surface area contributed by atoms with Crippen LogP contribution in [0.15, 0.2) is 35.7 Å². The summed E-state index contributed by atoms with van der Waals surface area (Å²) >= 11 is 1.70. The lowest BCUT2D eigenvalue weighted by Gasteiger charge is -2.16. The Kier molecular flexibility index (Phi) is 4.02. The molecule has 4 heteroatoms. The Bertz CT molecular complexity index is 574. The predicted molar refractivity (Wildman–Crippen MR) is 78.1 cm³/mol. The lowest BCUT2D eigenvalue weighted by atomic mass is 9.94. The summed E-state index contributed by atoms with van der Waals surface area (Å²) in [5.41, 5.74) is 8.42. The molecule has 0 aliphatic carbocycles. The molecule has 1 amide bonds. The molecule has 2 atom stereocenters. The number of carbonyl (C=O) groups excluding carboxylic acids is 1. The Morgan fingerprint density at radius 1 is 1.26 bits per heavy atom. The van der Waals surface area contributed by atoms with Gasteiger partial charge < -0.3 is 10.8 Å². The maximum Gasteiger partial charge on any atom is 0.246 e. The van der Waals surface area contributed by atoms with Crippen LogP contribution in [0.4, 0.5) is 0 Å². The molecule has 2 rings (SSSR count). The van der Waals surface area contributed by atoms with Crippen molar-refractivity contribution in [2.45, 2.75) is 25.9 Å². The van der Waals surface area contributed by atoms with Gasteiger partial charge in [0.15, 0.2) is 0 Å². The van der Waals surface area contributed by atoms with E-state index in [1.54, 1.807) is 18.3 Å². The molecule has 0 spiro atoms. The van der Waals surface area contributed by atoms with E-state index in [1.807, 2.05) is 24.3 Å². The molecule has 0 bridgehead atoms. The first-order chi connectivity index (χ1) is 9.00. The number of amides is 1. The second-order valence-corrected chi connectivity index (χ2v) is 5.61. The Balaban J connectivity index is 2.24. The molecule has 0 saturated heterocycles. The number of aliphatic hydroxyl groups excluding tert-OH is 1. The summed E-state index contributed by atoms with van der Waals surface area (Å²) in [6, 6.07) is 9.99. The third-order valence-corrected chi connectivity index (χ3v) is 4.39. The van der Waals surface area contributed by atoms with E-state index in [4.69, 9.17) is 5.73 Å². The molecule has 19 heavy (non-hydrogen) atoms. The van der Waals surface area contributed by atoms with E-state index in [2.05, 4.69) is 18.4 Å². The molecular formula is C15H17NO2S. The van der Waals surface area contributed by atoms with Gasteiger partial charge in [-0.25, -0.2) is 0 Å². The zero-order chi connectivity index (χ0) is 14.0. The number of carbonyl (C=O) groups is 1. The summed E-state index contributed by atoms with van der Waals surface area (Å²) in [4.78, 5) is 12.2. The molecule has 100 valence electrons. The van der Waals surface area contributed by atoms with Crippen molar-refractivity contribution in [3.05, 3.63) is 46.8 Å². The van der Waals surface area contributed by atoms with Crippen molar-refractivity contribution in [2.24, 2.45) is 5.73 Å². The van der Waals surface area contributed by atoms with E-state index in [0.717, 1.165) is 11.1 Å². The van der Waals surface area contributed by atoms with Gasteiger partial charge in [-0.1, -0.05) is 31.2 Å². The van der Waals surface area contributed by atoms with Gasteiger partial charge in [0.1, 0.15) is 6.10 Å². The van der Waals surface area contributed by atoms with Crippen molar-refractivity contribution in [3.8, 4) is 10.4 Å². The molecule has 1 aromatic heterocycles. The number of thiophene rings is 1. The van der Waals surface area contributed by atoms with E-state index in [1.165, 1.54) is 10.4 Å². The average molecular weight is 275 g/mol. The molecule has 0 radical (unpaired) electrons. The van der Waals surface area contributed by atoms with Crippen molar-refractivity contribution in [1.82, 2.24) is 0 Å². The van der Waals surface area contributed by atoms with Crippen LogP contribution in [-0.2, 0) is 4.79 Å². The maximum absolute atomic E-state index is 11.0. The maximum atomic E-state index is 11.0. The van der Waals surface area contributed by atoms with Gasteiger partial charge in [-0.3, -0.25) is 4.79 Å². The molecule has 0 saturated carbocycles. The summed E-state index contributed by atoms with van der Waals surface area (Å²) in [7, 11) is 0. The highest BCUT2D eigenvalue weighted by Gasteiger charge is 2.21. The van der Waals surface area contributed by atoms with E-state index in [9.17, 15) is 9.90 Å². The number of aryl methyl sites for hydroxylation is 1. The molecule has 0 fully saturated rings. The molecule has 2 aromatic rings. The standard InChI is InChI=1S/C15H17NO2S/c1-9-7-8-19-14(9)12-5-3-11(4-6-12)10(2)13(17)15(16)18/h3-8,10,13,17H,1-2H3,(H2,16,18). The Hall–Kier alpha value is -1.65. The third kappa shape index (κ3) is 2.85. The van der Waals surface area contributed by atoms with Crippen molar-refractivity contribution >= 4 is 17.2 Å². The van der Waals surface area contributed by atoms with Gasteiger partial charge in [-0.15, -0.1) is 11.3 Å². The van der Waals surface area contributed by atoms with Crippen LogP contribution in [0.1, 0.15) is 24.0 Å². The zero-order valence-corrected chi connectivity index (χ0v) is 11.8. The number of primary amides is 1. The summed E-state index contributed by atoms with van der Waals surface area (Å²) in [6.45, 7) is 3.88. The minimum absolute atomic E-state index is 0.295. The summed E-state index contributed by atoms with van der Waals surface area (Å²) < 4.78 is 0. The van der Waals surface area contributed by atoms with Gasteiger partial charge in [0, 0.05) is 10.8 Å². The van der Waals surface area contributed by atoms with Crippen LogP contribution in [0.25, 0.3) is 10.4 Å². The van der Waals surface area contributed by atoms with Gasteiger partial charge in [-0.2, -0.15) is 0 Å². The van der Waals surface area contributed by atoms with Gasteiger partial charge in [0.25, 0.3) is 0 Å². The van der Waals surface area contributed by atoms with Crippen LogP contribution in [0.3, 0.4) is 0 Å². The van der Waals surface area contributed by atoms with Crippen molar-refractivity contribution < 1.29 is 9.90 Å². The number of benzene rings is 1. The highest BCUT2D eigenvalue weighted by Crippen LogP contribution is 2.30. The Morgan fingerprint density at radius 3 is 2.37 bits per heavy atom. The first kappa shape index (κ1) is 13.8. The average Bonchev–Trinajstić information content (AvgIpc) is 2.83. The van der Waals surface area contributed by atoms with E-state index >= 15 is 0 Å². The fraction of sp³-hybridized carbons (Fsp3) is 0.267. The minimum atomic E-state index is -1.14. The van der Waals surface area contributed by atoms with E-state index in [0.29, 0.717) is 0 Å². The number of hydrogen-bond donors (Lipinski definition) is 2. The largest absolute Gasteiger partial charge is 0.383 e. The first-order valence-corrected chi connectivity index (χ1v) is 7.00. The smallest absolute Gasteiger partial charge is 0.246 e. The Morgan fingerprint density at radius 2 is 1.89 bits per heavy atom. The van der Waals surface area contributed by atoms with E-state index < -0.39 is 12.0 Å². The molecule has 1 heterocycles. The van der Waals surface area contributed by atoms with Crippen LogP contribution in [0.2, 0.25) is 0 Å². The fourth-order valence-electron chi connectivity index (χ4n) is 2.04. The summed E-state index contributed by atoms with van der Waals surface area (Å²) in [5.74, 6) is -0.985. The molecule has 2 unspecified atom stereocenters. The molecule has 3 N–H and O–H groups in total. The SMILES string of the molecule is Cc1ccsc1-c1ccc(C(C)C(O)C(N)=O)cc1. The van der Waals surface area contributed by atoms with E-state index in [-0.39, 0.29) is 5.92 Å². The predicted octanol–water partition coefficient (Wildman–Crippen LogP) is 2.67. The van der Waals surface area contributed by atoms with Crippen LogP contribution < -0.4 is 5.73 Å². The highest BCUT2D eigenvalue weighted by atomic mass is 32.1. The van der Waals surface area contributed by atoms with Gasteiger partial charge >= 0.3 is 0 Å². The topological polar surface area (TPSA) is 63.3 Å². The number of aliphatic hydroxyl groups is 1. The van der Waals surface area contributed by atoms with Crippen molar-refractivity contribution in [2.75, 3.05) is 0 Å². The van der Waals surface area contributed by atoms with Crippen LogP contribution >= 0.6 is 11.3 Å². The van der Waals surface area contributed by atoms with Crippen molar-refractivity contribution in [3.63, 3.8) is 0 Å². The second kappa shape index (κ2) is 5.55. The van der Waals surface area contributed by atoms with Crippen molar-refractivity contribution in [1.29, 1.82) is 0 Å². The Labute approximate surface area is 116 Å². The summed E-state index contributed by atoms with van der Waals surface area (Å²) in [6.07, 6.45) is -1.14. The van der Waals surface area contributed by atoms with Gasteiger partial charge in [-0.05, 0) is 35.1 Å². The van der Waals surface area contributed by atoms with Gasteiger partial charge in [0.05, 0.1) is 0 Å². The highest BCUT2D eigenvalue weighted by molar-refractivity contribution is 7.13. The number of hydrogen-bond acceptors (Lipinski definition) is 3. The number of nitrogens with two attached hydrogens (primary N) is 1. The summed E-state index contributed by atoms with van der Waals surface area (Å²) in [5, 5.41) is 11.7. The lowest BCUT2D eigenvalue weighted by Crippen LogP contribution is -2.32. The normalized spacial score (nSPS) is 14.1. The fourth-order valence-corrected chi connectivity index (χ4v) is 2.97. The quantitative estimate of drug-likeness (QED) is 0.901. The second-order valence-electron chi connectivity index (χ2n) is 4.69. The minimum Gasteiger partial charge on any atom is -0.383 e. The molecular weight excluding hydrogens is 258 g/mol. The number of rotatable bonds is 4.